The number of nitrogens with zero attached hydrogens (tertiary/aromatic N) is 2. The highest BCUT2D eigenvalue weighted by Crippen LogP contribution is 2.18. The quantitative estimate of drug-likeness (QED) is 0.872. The van der Waals surface area contributed by atoms with E-state index in [1.54, 1.807) is 50.7 Å². The minimum Gasteiger partial charge on any atom is -0.497 e. The van der Waals surface area contributed by atoms with E-state index in [0.717, 1.165) is 4.47 Å². The van der Waals surface area contributed by atoms with Crippen LogP contribution >= 0.6 is 15.9 Å². The topological polar surface area (TPSA) is 42.4 Å². The van der Waals surface area contributed by atoms with Crippen molar-refractivity contribution in [1.82, 2.24) is 4.98 Å². The number of hydrogen-bond donors (Lipinski definition) is 0. The van der Waals surface area contributed by atoms with Gasteiger partial charge < -0.3 is 4.74 Å². The van der Waals surface area contributed by atoms with E-state index in [-0.39, 0.29) is 5.91 Å². The number of rotatable bonds is 3. The number of anilines is 1. The van der Waals surface area contributed by atoms with Gasteiger partial charge in [0, 0.05) is 23.3 Å². The van der Waals surface area contributed by atoms with Crippen molar-refractivity contribution < 1.29 is 9.53 Å². The predicted octanol–water partition coefficient (Wildman–Crippen LogP) is 3.13. The molecule has 5 heteroatoms. The first kappa shape index (κ1) is 13.5. The van der Waals surface area contributed by atoms with Crippen LogP contribution in [0.3, 0.4) is 0 Å². The van der Waals surface area contributed by atoms with Crippen LogP contribution in [0.15, 0.2) is 47.1 Å². The Labute approximate surface area is 120 Å². The summed E-state index contributed by atoms with van der Waals surface area (Å²) >= 11 is 3.31. The Morgan fingerprint density at radius 3 is 2.74 bits per heavy atom. The number of carbonyl (C=O) groups is 1. The molecule has 1 aromatic heterocycles. The molecule has 0 N–H and O–H groups in total. The number of ether oxygens (including phenoxy) is 1. The summed E-state index contributed by atoms with van der Waals surface area (Å²) in [7, 11) is 3.27. The van der Waals surface area contributed by atoms with Gasteiger partial charge in [0.25, 0.3) is 5.91 Å². The molecule has 4 nitrogen and oxygen atoms in total. The van der Waals surface area contributed by atoms with Crippen LogP contribution in [-0.2, 0) is 0 Å². The van der Waals surface area contributed by atoms with Crippen molar-refractivity contribution in [1.29, 1.82) is 0 Å². The molecule has 0 atom stereocenters. The molecule has 0 saturated carbocycles. The second kappa shape index (κ2) is 5.84. The second-order valence-electron chi connectivity index (χ2n) is 3.93. The molecule has 2 rings (SSSR count). The largest absolute Gasteiger partial charge is 0.497 e. The Morgan fingerprint density at radius 1 is 1.32 bits per heavy atom. The summed E-state index contributed by atoms with van der Waals surface area (Å²) < 4.78 is 5.99. The SMILES string of the molecule is COc1cccc(C(=O)N(C)c2ccc(Br)cn2)c1. The third-order valence-electron chi connectivity index (χ3n) is 2.68. The zero-order valence-electron chi connectivity index (χ0n) is 10.6. The van der Waals surface area contributed by atoms with Crippen LogP contribution in [0.5, 0.6) is 5.75 Å². The minimum atomic E-state index is -0.131. The van der Waals surface area contributed by atoms with Gasteiger partial charge in [-0.2, -0.15) is 0 Å². The Kier molecular flexibility index (Phi) is 4.16. The highest BCUT2D eigenvalue weighted by Gasteiger charge is 2.14. The molecule has 1 amide bonds. The average Bonchev–Trinajstić information content (AvgIpc) is 2.46. The van der Waals surface area contributed by atoms with Gasteiger partial charge >= 0.3 is 0 Å². The molecule has 0 bridgehead atoms. The van der Waals surface area contributed by atoms with Crippen molar-refractivity contribution in [2.24, 2.45) is 0 Å². The van der Waals surface area contributed by atoms with Crippen molar-refractivity contribution in [2.75, 3.05) is 19.1 Å². The summed E-state index contributed by atoms with van der Waals surface area (Å²) in [4.78, 5) is 18.0. The van der Waals surface area contributed by atoms with Crippen molar-refractivity contribution in [3.63, 3.8) is 0 Å². The first-order valence-electron chi connectivity index (χ1n) is 5.65. The molecule has 1 aromatic carbocycles. The van der Waals surface area contributed by atoms with Gasteiger partial charge in [0.05, 0.1) is 7.11 Å². The third kappa shape index (κ3) is 3.12. The van der Waals surface area contributed by atoms with Crippen LogP contribution < -0.4 is 9.64 Å². The molecule has 0 saturated heterocycles. The minimum absolute atomic E-state index is 0.131. The fraction of sp³-hybridized carbons (Fsp3) is 0.143. The first-order chi connectivity index (χ1) is 9.11. The molecule has 0 spiro atoms. The number of amides is 1. The van der Waals surface area contributed by atoms with Crippen LogP contribution in [0.2, 0.25) is 0 Å². The summed E-state index contributed by atoms with van der Waals surface area (Å²) in [5.41, 5.74) is 0.562. The van der Waals surface area contributed by atoms with E-state index in [0.29, 0.717) is 17.1 Å². The van der Waals surface area contributed by atoms with Crippen LogP contribution in [0.1, 0.15) is 10.4 Å². The number of pyridine rings is 1. The lowest BCUT2D eigenvalue weighted by Gasteiger charge is -2.16. The molecule has 0 aliphatic rings. The molecule has 0 radical (unpaired) electrons. The van der Waals surface area contributed by atoms with Crippen LogP contribution in [-0.4, -0.2) is 25.0 Å². The molecule has 0 unspecified atom stereocenters. The number of aromatic nitrogens is 1. The molecule has 2 aromatic rings. The lowest BCUT2D eigenvalue weighted by molar-refractivity contribution is 0.0992. The Balaban J connectivity index is 2.25. The zero-order chi connectivity index (χ0) is 13.8. The summed E-state index contributed by atoms with van der Waals surface area (Å²) in [6.45, 7) is 0. The first-order valence-corrected chi connectivity index (χ1v) is 6.45. The maximum atomic E-state index is 12.3. The molecule has 98 valence electrons. The maximum Gasteiger partial charge on any atom is 0.259 e. The molecule has 0 fully saturated rings. The van der Waals surface area contributed by atoms with Gasteiger partial charge in [0.2, 0.25) is 0 Å². The van der Waals surface area contributed by atoms with Crippen LogP contribution in [0.4, 0.5) is 5.82 Å². The maximum absolute atomic E-state index is 12.3. The van der Waals surface area contributed by atoms with Crippen molar-refractivity contribution >= 4 is 27.7 Å². The van der Waals surface area contributed by atoms with E-state index >= 15 is 0 Å². The fourth-order valence-corrected chi connectivity index (χ4v) is 1.85. The summed E-state index contributed by atoms with van der Waals surface area (Å²) in [5, 5.41) is 0. The van der Waals surface area contributed by atoms with E-state index in [2.05, 4.69) is 20.9 Å². The molecular formula is C14H13BrN2O2. The normalized spacial score (nSPS) is 10.1. The van der Waals surface area contributed by atoms with Gasteiger partial charge in [-0.1, -0.05) is 6.07 Å². The molecular weight excluding hydrogens is 308 g/mol. The van der Waals surface area contributed by atoms with Gasteiger partial charge in [-0.05, 0) is 46.3 Å². The summed E-state index contributed by atoms with van der Waals surface area (Å²) in [5.74, 6) is 1.12. The summed E-state index contributed by atoms with van der Waals surface area (Å²) in [6, 6.07) is 10.7. The second-order valence-corrected chi connectivity index (χ2v) is 4.85. The highest BCUT2D eigenvalue weighted by atomic mass is 79.9. The van der Waals surface area contributed by atoms with Crippen LogP contribution in [0.25, 0.3) is 0 Å². The van der Waals surface area contributed by atoms with E-state index < -0.39 is 0 Å². The lowest BCUT2D eigenvalue weighted by Crippen LogP contribution is -2.26. The van der Waals surface area contributed by atoms with Crippen molar-refractivity contribution in [3.05, 3.63) is 52.6 Å². The number of benzene rings is 1. The van der Waals surface area contributed by atoms with Crippen molar-refractivity contribution in [3.8, 4) is 5.75 Å². The number of carbonyl (C=O) groups excluding carboxylic acids is 1. The highest BCUT2D eigenvalue weighted by molar-refractivity contribution is 9.10. The molecule has 1 heterocycles. The van der Waals surface area contributed by atoms with Gasteiger partial charge in [0.15, 0.2) is 0 Å². The molecule has 0 aliphatic carbocycles. The Hall–Kier alpha value is -1.88. The number of methoxy groups -OCH3 is 1. The van der Waals surface area contributed by atoms with Crippen molar-refractivity contribution in [2.45, 2.75) is 0 Å². The smallest absolute Gasteiger partial charge is 0.259 e. The Bertz CT molecular complexity index is 584. The van der Waals surface area contributed by atoms with Gasteiger partial charge in [-0.25, -0.2) is 4.98 Å². The van der Waals surface area contributed by atoms with Gasteiger partial charge in [-0.15, -0.1) is 0 Å². The Morgan fingerprint density at radius 2 is 2.11 bits per heavy atom. The van der Waals surface area contributed by atoms with Gasteiger partial charge in [-0.3, -0.25) is 9.69 Å². The monoisotopic (exact) mass is 320 g/mol. The molecule has 19 heavy (non-hydrogen) atoms. The standard InChI is InChI=1S/C14H13BrN2O2/c1-17(13-7-6-11(15)9-16-13)14(18)10-4-3-5-12(8-10)19-2/h3-9H,1-2H3. The molecule has 0 aliphatic heterocycles. The lowest BCUT2D eigenvalue weighted by atomic mass is 10.2. The number of hydrogen-bond acceptors (Lipinski definition) is 3. The van der Waals surface area contributed by atoms with E-state index in [1.165, 1.54) is 4.90 Å². The van der Waals surface area contributed by atoms with E-state index in [1.807, 2.05) is 6.07 Å². The fourth-order valence-electron chi connectivity index (χ4n) is 1.62. The average molecular weight is 321 g/mol. The van der Waals surface area contributed by atoms with E-state index in [9.17, 15) is 4.79 Å². The van der Waals surface area contributed by atoms with E-state index in [4.69, 9.17) is 4.74 Å². The van der Waals surface area contributed by atoms with Gasteiger partial charge in [0.1, 0.15) is 11.6 Å². The third-order valence-corrected chi connectivity index (χ3v) is 3.15. The summed E-state index contributed by atoms with van der Waals surface area (Å²) in [6.07, 6.45) is 1.66. The zero-order valence-corrected chi connectivity index (χ0v) is 12.2. The van der Waals surface area contributed by atoms with Crippen LogP contribution in [0, 0.1) is 0 Å². The predicted molar refractivity (Wildman–Crippen MR) is 77.7 cm³/mol. The number of halogens is 1.